The molecule has 1 rings (SSSR count). The van der Waals surface area contributed by atoms with Crippen LogP contribution in [0.3, 0.4) is 0 Å². The van der Waals surface area contributed by atoms with Gasteiger partial charge in [-0.3, -0.25) is 0 Å². The van der Waals surface area contributed by atoms with E-state index in [4.69, 9.17) is 4.74 Å². The van der Waals surface area contributed by atoms with Gasteiger partial charge in [0.2, 0.25) is 0 Å². The van der Waals surface area contributed by atoms with Gasteiger partial charge < -0.3 is 15.0 Å². The number of rotatable bonds is 5. The van der Waals surface area contributed by atoms with E-state index < -0.39 is 0 Å². The third-order valence-electron chi connectivity index (χ3n) is 2.75. The Labute approximate surface area is 81.4 Å². The highest BCUT2D eigenvalue weighted by Gasteiger charge is 2.15. The number of methoxy groups -OCH3 is 1. The first-order chi connectivity index (χ1) is 6.33. The van der Waals surface area contributed by atoms with Crippen molar-refractivity contribution in [2.75, 3.05) is 46.9 Å². The van der Waals surface area contributed by atoms with E-state index in [9.17, 15) is 0 Å². The van der Waals surface area contributed by atoms with E-state index in [1.165, 1.54) is 25.9 Å². The van der Waals surface area contributed by atoms with Crippen molar-refractivity contribution in [2.45, 2.75) is 12.8 Å². The molecule has 1 saturated heterocycles. The highest BCUT2D eigenvalue weighted by atomic mass is 16.5. The monoisotopic (exact) mass is 186 g/mol. The van der Waals surface area contributed by atoms with Gasteiger partial charge in [0.25, 0.3) is 0 Å². The maximum absolute atomic E-state index is 4.98. The lowest BCUT2D eigenvalue weighted by molar-refractivity contribution is 0.188. The van der Waals surface area contributed by atoms with Crippen molar-refractivity contribution in [3.63, 3.8) is 0 Å². The van der Waals surface area contributed by atoms with Crippen LogP contribution in [0.15, 0.2) is 0 Å². The van der Waals surface area contributed by atoms with Gasteiger partial charge in [-0.2, -0.15) is 0 Å². The van der Waals surface area contributed by atoms with Crippen molar-refractivity contribution in [2.24, 2.45) is 5.92 Å². The number of piperidine rings is 1. The van der Waals surface area contributed by atoms with Crippen LogP contribution in [-0.2, 0) is 4.74 Å². The molecule has 0 saturated carbocycles. The van der Waals surface area contributed by atoms with Crippen molar-refractivity contribution < 1.29 is 4.74 Å². The second kappa shape index (κ2) is 6.35. The van der Waals surface area contributed by atoms with E-state index in [1.807, 2.05) is 0 Å². The molecule has 0 bridgehead atoms. The summed E-state index contributed by atoms with van der Waals surface area (Å²) >= 11 is 0. The van der Waals surface area contributed by atoms with E-state index in [1.54, 1.807) is 7.11 Å². The molecule has 0 aliphatic carbocycles. The molecule has 0 aromatic rings. The summed E-state index contributed by atoms with van der Waals surface area (Å²) in [6, 6.07) is 0. The zero-order chi connectivity index (χ0) is 9.52. The zero-order valence-corrected chi connectivity index (χ0v) is 8.88. The molecule has 0 radical (unpaired) electrons. The van der Waals surface area contributed by atoms with Gasteiger partial charge >= 0.3 is 0 Å². The molecule has 1 fully saturated rings. The SMILES string of the molecule is COCCNCC1CCN(C)CC1. The predicted octanol–water partition coefficient (Wildman–Crippen LogP) is 0.564. The normalized spacial score (nSPS) is 20.8. The van der Waals surface area contributed by atoms with E-state index in [0.717, 1.165) is 25.6 Å². The molecular formula is C10H22N2O. The largest absolute Gasteiger partial charge is 0.383 e. The van der Waals surface area contributed by atoms with Gasteiger partial charge in [0.15, 0.2) is 0 Å². The topological polar surface area (TPSA) is 24.5 Å². The van der Waals surface area contributed by atoms with Gasteiger partial charge in [-0.15, -0.1) is 0 Å². The summed E-state index contributed by atoms with van der Waals surface area (Å²) in [6.45, 7) is 5.50. The fourth-order valence-electron chi connectivity index (χ4n) is 1.75. The average molecular weight is 186 g/mol. The Morgan fingerprint density at radius 3 is 2.69 bits per heavy atom. The van der Waals surface area contributed by atoms with Crippen LogP contribution in [0.4, 0.5) is 0 Å². The van der Waals surface area contributed by atoms with Crippen molar-refractivity contribution in [3.05, 3.63) is 0 Å². The van der Waals surface area contributed by atoms with Gasteiger partial charge in [-0.1, -0.05) is 0 Å². The Hall–Kier alpha value is -0.120. The van der Waals surface area contributed by atoms with Crippen LogP contribution in [0.25, 0.3) is 0 Å². The number of likely N-dealkylation sites (tertiary alicyclic amines) is 1. The molecule has 3 heteroatoms. The summed E-state index contributed by atoms with van der Waals surface area (Å²) < 4.78 is 4.98. The molecule has 78 valence electrons. The second-order valence-electron chi connectivity index (χ2n) is 3.94. The lowest BCUT2D eigenvalue weighted by Crippen LogP contribution is -2.35. The van der Waals surface area contributed by atoms with Crippen LogP contribution < -0.4 is 5.32 Å². The van der Waals surface area contributed by atoms with Crippen molar-refractivity contribution >= 4 is 0 Å². The highest BCUT2D eigenvalue weighted by molar-refractivity contribution is 4.71. The first-order valence-corrected chi connectivity index (χ1v) is 5.21. The van der Waals surface area contributed by atoms with Crippen LogP contribution in [0.1, 0.15) is 12.8 Å². The molecule has 1 aliphatic heterocycles. The van der Waals surface area contributed by atoms with Crippen LogP contribution in [0.5, 0.6) is 0 Å². The van der Waals surface area contributed by atoms with E-state index in [-0.39, 0.29) is 0 Å². The lowest BCUT2D eigenvalue weighted by Gasteiger charge is -2.28. The third kappa shape index (κ3) is 4.60. The Kier molecular flexibility index (Phi) is 5.35. The fourth-order valence-corrected chi connectivity index (χ4v) is 1.75. The molecule has 0 unspecified atom stereocenters. The van der Waals surface area contributed by atoms with E-state index in [0.29, 0.717) is 0 Å². The molecule has 1 heterocycles. The number of nitrogens with zero attached hydrogens (tertiary/aromatic N) is 1. The molecule has 0 aromatic carbocycles. The van der Waals surface area contributed by atoms with Crippen LogP contribution in [-0.4, -0.2) is 51.8 Å². The molecule has 0 aromatic heterocycles. The Morgan fingerprint density at radius 1 is 1.38 bits per heavy atom. The smallest absolute Gasteiger partial charge is 0.0587 e. The third-order valence-corrected chi connectivity index (χ3v) is 2.75. The second-order valence-corrected chi connectivity index (χ2v) is 3.94. The number of hydrogen-bond donors (Lipinski definition) is 1. The zero-order valence-electron chi connectivity index (χ0n) is 8.88. The van der Waals surface area contributed by atoms with Crippen LogP contribution in [0.2, 0.25) is 0 Å². The van der Waals surface area contributed by atoms with Crippen LogP contribution in [0, 0.1) is 5.92 Å². The minimum atomic E-state index is 0.826. The van der Waals surface area contributed by atoms with Gasteiger partial charge in [-0.25, -0.2) is 0 Å². The number of nitrogens with one attached hydrogen (secondary N) is 1. The summed E-state index contributed by atoms with van der Waals surface area (Å²) in [7, 11) is 3.95. The summed E-state index contributed by atoms with van der Waals surface area (Å²) in [5.41, 5.74) is 0. The van der Waals surface area contributed by atoms with Gasteiger partial charge in [-0.05, 0) is 45.4 Å². The first-order valence-electron chi connectivity index (χ1n) is 5.21. The van der Waals surface area contributed by atoms with Gasteiger partial charge in [0.05, 0.1) is 6.61 Å². The molecule has 1 aliphatic rings. The fraction of sp³-hybridized carbons (Fsp3) is 1.00. The molecule has 0 spiro atoms. The summed E-state index contributed by atoms with van der Waals surface area (Å²) in [6.07, 6.45) is 2.69. The predicted molar refractivity (Wildman–Crippen MR) is 55.0 cm³/mol. The summed E-state index contributed by atoms with van der Waals surface area (Å²) in [5, 5.41) is 3.43. The number of hydrogen-bond acceptors (Lipinski definition) is 3. The van der Waals surface area contributed by atoms with Crippen molar-refractivity contribution in [1.82, 2.24) is 10.2 Å². The van der Waals surface area contributed by atoms with E-state index >= 15 is 0 Å². The van der Waals surface area contributed by atoms with Gasteiger partial charge in [0.1, 0.15) is 0 Å². The average Bonchev–Trinajstić information content (AvgIpc) is 2.15. The molecule has 13 heavy (non-hydrogen) atoms. The molecule has 3 nitrogen and oxygen atoms in total. The molecular weight excluding hydrogens is 164 g/mol. The Morgan fingerprint density at radius 2 is 2.08 bits per heavy atom. The molecule has 1 N–H and O–H groups in total. The maximum Gasteiger partial charge on any atom is 0.0587 e. The molecule has 0 atom stereocenters. The first kappa shape index (κ1) is 11.0. The van der Waals surface area contributed by atoms with E-state index in [2.05, 4.69) is 17.3 Å². The summed E-state index contributed by atoms with van der Waals surface area (Å²) in [4.78, 5) is 2.41. The Bertz CT molecular complexity index is 122. The Balaban J connectivity index is 1.96. The van der Waals surface area contributed by atoms with Crippen LogP contribution >= 0.6 is 0 Å². The number of ether oxygens (including phenoxy) is 1. The minimum absolute atomic E-state index is 0.826. The molecule has 0 amide bonds. The highest BCUT2D eigenvalue weighted by Crippen LogP contribution is 2.14. The summed E-state index contributed by atoms with van der Waals surface area (Å²) in [5.74, 6) is 0.882. The quantitative estimate of drug-likeness (QED) is 0.635. The van der Waals surface area contributed by atoms with Crippen molar-refractivity contribution in [1.29, 1.82) is 0 Å². The maximum atomic E-state index is 4.98. The minimum Gasteiger partial charge on any atom is -0.383 e. The lowest BCUT2D eigenvalue weighted by atomic mass is 9.97. The standard InChI is InChI=1S/C10H22N2O/c1-12-6-3-10(4-7-12)9-11-5-8-13-2/h10-11H,3-9H2,1-2H3. The van der Waals surface area contributed by atoms with Gasteiger partial charge in [0, 0.05) is 13.7 Å². The van der Waals surface area contributed by atoms with Crippen molar-refractivity contribution in [3.8, 4) is 0 Å².